The van der Waals surface area contributed by atoms with Gasteiger partial charge in [0.2, 0.25) is 5.43 Å². The lowest BCUT2D eigenvalue weighted by Crippen LogP contribution is -2.30. The quantitative estimate of drug-likeness (QED) is 0.833. The van der Waals surface area contributed by atoms with Gasteiger partial charge in [-0.2, -0.15) is 0 Å². The van der Waals surface area contributed by atoms with Gasteiger partial charge in [0, 0.05) is 31.4 Å². The number of nitrogens with two attached hydrogens (primary N) is 1. The van der Waals surface area contributed by atoms with Gasteiger partial charge < -0.3 is 20.3 Å². The maximum Gasteiger partial charge on any atom is 0.341 e. The van der Waals surface area contributed by atoms with Crippen molar-refractivity contribution in [1.29, 1.82) is 0 Å². The highest BCUT2D eigenvalue weighted by atomic mass is 35.5. The number of rotatable bonds is 4. The molecule has 4 rings (SSSR count). The van der Waals surface area contributed by atoms with Crippen molar-refractivity contribution >= 4 is 34.2 Å². The fraction of sp³-hybridized carbons (Fsp3) is 0.474. The highest BCUT2D eigenvalue weighted by Crippen LogP contribution is 2.43. The van der Waals surface area contributed by atoms with Crippen LogP contribution in [0.25, 0.3) is 10.9 Å². The van der Waals surface area contributed by atoms with Crippen LogP contribution in [-0.4, -0.2) is 34.8 Å². The Kier molecular flexibility index (Phi) is 4.39. The number of fused-ring (bicyclic) bond motifs is 1. The third-order valence-corrected chi connectivity index (χ3v) is 6.00. The molecule has 0 spiro atoms. The van der Waals surface area contributed by atoms with Gasteiger partial charge in [0.1, 0.15) is 11.4 Å². The molecule has 0 amide bonds. The van der Waals surface area contributed by atoms with Crippen LogP contribution in [-0.2, 0) is 0 Å². The van der Waals surface area contributed by atoms with Crippen molar-refractivity contribution < 1.29 is 14.3 Å². The number of carbonyl (C=O) groups is 1. The van der Waals surface area contributed by atoms with E-state index >= 15 is 0 Å². The number of halogens is 2. The molecule has 144 valence electrons. The summed E-state index contributed by atoms with van der Waals surface area (Å²) >= 11 is 6.62. The van der Waals surface area contributed by atoms with E-state index in [1.54, 1.807) is 4.57 Å². The Morgan fingerprint density at radius 1 is 1.41 bits per heavy atom. The molecule has 1 saturated heterocycles. The first-order valence-corrected chi connectivity index (χ1v) is 9.48. The number of carboxylic acids is 1. The SMILES string of the molecule is CC(N)[C@@H]1CCN(c2c(F)cc3c(=O)c(C(=O)O)cn(C4CC4)c3c2Cl)C1. The number of aromatic nitrogens is 1. The van der Waals surface area contributed by atoms with E-state index in [1.807, 2.05) is 11.8 Å². The summed E-state index contributed by atoms with van der Waals surface area (Å²) in [6.45, 7) is 3.17. The standard InChI is InChI=1S/C19H21ClFN3O3/c1-9(22)10-4-5-23(7-10)17-14(21)6-12-16(15(17)20)24(11-2-3-11)8-13(18(12)25)19(26)27/h6,8-11H,2-5,7,22H2,1H3,(H,26,27)/t9?,10-/m1/s1. The van der Waals surface area contributed by atoms with Gasteiger partial charge in [-0.3, -0.25) is 4.79 Å². The maximum absolute atomic E-state index is 15.0. The summed E-state index contributed by atoms with van der Waals surface area (Å²) in [6.07, 6.45) is 3.93. The smallest absolute Gasteiger partial charge is 0.341 e. The van der Waals surface area contributed by atoms with Crippen LogP contribution in [0.15, 0.2) is 17.1 Å². The lowest BCUT2D eigenvalue weighted by atomic mass is 10.0. The highest BCUT2D eigenvalue weighted by Gasteiger charge is 2.32. The van der Waals surface area contributed by atoms with Crippen LogP contribution < -0.4 is 16.1 Å². The Labute approximate surface area is 160 Å². The van der Waals surface area contributed by atoms with Crippen LogP contribution >= 0.6 is 11.6 Å². The molecule has 2 heterocycles. The maximum atomic E-state index is 15.0. The predicted molar refractivity (Wildman–Crippen MR) is 102 cm³/mol. The van der Waals surface area contributed by atoms with Crippen molar-refractivity contribution in [2.45, 2.75) is 38.3 Å². The molecule has 0 bridgehead atoms. The molecule has 27 heavy (non-hydrogen) atoms. The lowest BCUT2D eigenvalue weighted by molar-refractivity contribution is 0.0695. The highest BCUT2D eigenvalue weighted by molar-refractivity contribution is 6.38. The Balaban J connectivity index is 1.94. The van der Waals surface area contributed by atoms with Gasteiger partial charge in [0.05, 0.1) is 21.6 Å². The number of nitrogens with zero attached hydrogens (tertiary/aromatic N) is 2. The number of hydrogen-bond acceptors (Lipinski definition) is 4. The second-order valence-corrected chi connectivity index (χ2v) is 7.96. The van der Waals surface area contributed by atoms with Crippen LogP contribution in [0.5, 0.6) is 0 Å². The Hall–Kier alpha value is -2.12. The first kappa shape index (κ1) is 18.3. The fourth-order valence-electron chi connectivity index (χ4n) is 3.93. The summed E-state index contributed by atoms with van der Waals surface area (Å²) in [5, 5.41) is 9.51. The molecule has 1 aromatic carbocycles. The van der Waals surface area contributed by atoms with Gasteiger partial charge in [-0.15, -0.1) is 0 Å². The van der Waals surface area contributed by atoms with Crippen molar-refractivity contribution in [3.8, 4) is 0 Å². The second kappa shape index (κ2) is 6.49. The number of hydrogen-bond donors (Lipinski definition) is 2. The van der Waals surface area contributed by atoms with E-state index in [4.69, 9.17) is 17.3 Å². The van der Waals surface area contributed by atoms with Crippen LogP contribution in [0.2, 0.25) is 5.02 Å². The normalized spacial score (nSPS) is 21.0. The van der Waals surface area contributed by atoms with Crippen molar-refractivity contribution in [2.24, 2.45) is 11.7 Å². The summed E-state index contributed by atoms with van der Waals surface area (Å²) in [5.74, 6) is -1.69. The third-order valence-electron chi connectivity index (χ3n) is 5.64. The van der Waals surface area contributed by atoms with E-state index in [-0.39, 0.29) is 39.7 Å². The minimum Gasteiger partial charge on any atom is -0.477 e. The summed E-state index contributed by atoms with van der Waals surface area (Å²) < 4.78 is 16.7. The zero-order chi connectivity index (χ0) is 19.5. The molecule has 1 unspecified atom stereocenters. The largest absolute Gasteiger partial charge is 0.477 e. The van der Waals surface area contributed by atoms with Crippen LogP contribution in [0.4, 0.5) is 10.1 Å². The Bertz CT molecular complexity index is 1000. The van der Waals surface area contributed by atoms with Crippen molar-refractivity contribution in [3.05, 3.63) is 38.9 Å². The van der Waals surface area contributed by atoms with Gasteiger partial charge in [0.15, 0.2) is 0 Å². The van der Waals surface area contributed by atoms with Crippen LogP contribution in [0.1, 0.15) is 42.6 Å². The summed E-state index contributed by atoms with van der Waals surface area (Å²) in [4.78, 5) is 25.9. The van der Waals surface area contributed by atoms with Crippen LogP contribution in [0.3, 0.4) is 0 Å². The lowest BCUT2D eigenvalue weighted by Gasteiger charge is -2.24. The molecule has 2 aromatic rings. The molecule has 8 heteroatoms. The number of anilines is 1. The zero-order valence-corrected chi connectivity index (χ0v) is 15.7. The Morgan fingerprint density at radius 3 is 2.67 bits per heavy atom. The summed E-state index contributed by atoms with van der Waals surface area (Å²) in [6, 6.07) is 1.21. The van der Waals surface area contributed by atoms with E-state index < -0.39 is 17.2 Å². The van der Waals surface area contributed by atoms with Crippen molar-refractivity contribution in [1.82, 2.24) is 4.57 Å². The van der Waals surface area contributed by atoms with Gasteiger partial charge in [0.25, 0.3) is 0 Å². The first-order chi connectivity index (χ1) is 12.8. The van der Waals surface area contributed by atoms with Crippen molar-refractivity contribution in [2.75, 3.05) is 18.0 Å². The molecule has 0 radical (unpaired) electrons. The molecule has 1 aliphatic heterocycles. The number of carboxylic acid groups (broad SMARTS) is 1. The first-order valence-electron chi connectivity index (χ1n) is 9.10. The van der Waals surface area contributed by atoms with Gasteiger partial charge >= 0.3 is 5.97 Å². The van der Waals surface area contributed by atoms with Crippen molar-refractivity contribution in [3.63, 3.8) is 0 Å². The van der Waals surface area contributed by atoms with Gasteiger partial charge in [-0.1, -0.05) is 11.6 Å². The van der Waals surface area contributed by atoms with Gasteiger partial charge in [-0.25, -0.2) is 9.18 Å². The molecular weight excluding hydrogens is 373 g/mol. The number of benzene rings is 1. The zero-order valence-electron chi connectivity index (χ0n) is 14.9. The Morgan fingerprint density at radius 2 is 2.11 bits per heavy atom. The summed E-state index contributed by atoms with van der Waals surface area (Å²) in [7, 11) is 0. The minimum absolute atomic E-state index is 0.0000578. The second-order valence-electron chi connectivity index (χ2n) is 7.59. The third kappa shape index (κ3) is 2.99. The molecule has 2 fully saturated rings. The topological polar surface area (TPSA) is 88.6 Å². The molecule has 3 N–H and O–H groups in total. The fourth-order valence-corrected chi connectivity index (χ4v) is 4.34. The molecule has 1 saturated carbocycles. The average Bonchev–Trinajstić information content (AvgIpc) is 3.32. The number of pyridine rings is 1. The number of aromatic carboxylic acids is 1. The van der Waals surface area contributed by atoms with E-state index in [0.29, 0.717) is 18.6 Å². The van der Waals surface area contributed by atoms with E-state index in [9.17, 15) is 19.1 Å². The molecule has 6 nitrogen and oxygen atoms in total. The molecule has 2 aliphatic rings. The van der Waals surface area contributed by atoms with Crippen LogP contribution in [0, 0.1) is 11.7 Å². The molecule has 2 atom stereocenters. The van der Waals surface area contributed by atoms with E-state index in [0.717, 1.165) is 25.3 Å². The monoisotopic (exact) mass is 393 g/mol. The molecular formula is C19H21ClFN3O3. The molecule has 1 aliphatic carbocycles. The predicted octanol–water partition coefficient (Wildman–Crippen LogP) is 3.00. The van der Waals surface area contributed by atoms with Gasteiger partial charge in [-0.05, 0) is 38.2 Å². The average molecular weight is 394 g/mol. The van der Waals surface area contributed by atoms with E-state index in [1.165, 1.54) is 6.20 Å². The molecule has 1 aromatic heterocycles. The summed E-state index contributed by atoms with van der Waals surface area (Å²) in [5.41, 5.74) is 5.59. The minimum atomic E-state index is -1.32. The van der Waals surface area contributed by atoms with E-state index in [2.05, 4.69) is 0 Å².